The van der Waals surface area contributed by atoms with E-state index in [1.165, 1.54) is 0 Å². The first-order valence-corrected chi connectivity index (χ1v) is 7.85. The van der Waals surface area contributed by atoms with Crippen molar-refractivity contribution in [2.45, 2.75) is 43.8 Å². The van der Waals surface area contributed by atoms with Gasteiger partial charge in [0, 0.05) is 37.8 Å². The molecule has 11 heteroatoms. The molecule has 0 saturated heterocycles. The van der Waals surface area contributed by atoms with Gasteiger partial charge in [-0.2, -0.15) is 13.2 Å². The van der Waals surface area contributed by atoms with Crippen LogP contribution in [0.1, 0.15) is 47.7 Å². The van der Waals surface area contributed by atoms with Gasteiger partial charge in [0.15, 0.2) is 0 Å². The van der Waals surface area contributed by atoms with Crippen LogP contribution in [0.3, 0.4) is 0 Å². The average molecular weight is 437 g/mol. The van der Waals surface area contributed by atoms with E-state index in [2.05, 4.69) is 17.2 Å². The van der Waals surface area contributed by atoms with Gasteiger partial charge in [0.1, 0.15) is 11.3 Å². The molecule has 1 aliphatic rings. The van der Waals surface area contributed by atoms with Crippen molar-refractivity contribution in [1.29, 1.82) is 0 Å². The maximum absolute atomic E-state index is 12.7. The van der Waals surface area contributed by atoms with Gasteiger partial charge in [-0.25, -0.2) is 0 Å². The molecule has 1 aromatic heterocycles. The number of aromatic amines is 1. The minimum atomic E-state index is -4.23. The molecule has 0 unspecified atom stereocenters. The van der Waals surface area contributed by atoms with E-state index in [4.69, 9.17) is 6.58 Å². The molecule has 7 N–H and O–H groups in total. The molecule has 7 nitrogen and oxygen atoms in total. The summed E-state index contributed by atoms with van der Waals surface area (Å²) in [5, 5.41) is 12.5. The van der Waals surface area contributed by atoms with Gasteiger partial charge >= 0.3 is 6.18 Å². The van der Waals surface area contributed by atoms with Gasteiger partial charge in [-0.15, -0.1) is 6.04 Å². The van der Waals surface area contributed by atoms with E-state index >= 15 is 0 Å². The second-order valence-corrected chi connectivity index (χ2v) is 6.17. The van der Waals surface area contributed by atoms with Crippen molar-refractivity contribution in [2.75, 3.05) is 0 Å². The van der Waals surface area contributed by atoms with Crippen molar-refractivity contribution < 1.29 is 59.9 Å². The summed E-state index contributed by atoms with van der Waals surface area (Å²) in [4.78, 5) is 26.5. The van der Waals surface area contributed by atoms with Crippen LogP contribution in [0.2, 0.25) is 0 Å². The van der Waals surface area contributed by atoms with Crippen molar-refractivity contribution in [3.63, 3.8) is 0 Å². The molecule has 1 fully saturated rings. The molecule has 0 aromatic carbocycles. The van der Waals surface area contributed by atoms with Crippen molar-refractivity contribution in [3.05, 3.63) is 47.3 Å². The minimum Gasteiger partial charge on any atom is -0.519 e. The van der Waals surface area contributed by atoms with Gasteiger partial charge in [0.05, 0.1) is 11.6 Å². The monoisotopic (exact) mass is 437 g/mol. The molecule has 1 aromatic rings. The van der Waals surface area contributed by atoms with Crippen molar-refractivity contribution in [2.24, 2.45) is 5.92 Å². The Morgan fingerprint density at radius 1 is 1.32 bits per heavy atom. The van der Waals surface area contributed by atoms with E-state index in [0.717, 1.165) is 12.1 Å². The zero-order chi connectivity index (χ0) is 18.8. The number of carbonyl (C=O) groups is 1. The van der Waals surface area contributed by atoms with E-state index in [0.29, 0.717) is 0 Å². The van der Waals surface area contributed by atoms with Gasteiger partial charge in [0.2, 0.25) is 0 Å². The van der Waals surface area contributed by atoms with Crippen LogP contribution >= 0.6 is 0 Å². The number of carbonyl (C=O) groups excluding carboxylic acids is 1. The van der Waals surface area contributed by atoms with Gasteiger partial charge in [-0.3, -0.25) is 15.7 Å². The number of hydrogen-bond acceptors (Lipinski definition) is 3. The molecule has 1 atom stereocenters. The zero-order valence-corrected chi connectivity index (χ0v) is 16.8. The first-order chi connectivity index (χ1) is 11.6. The molecule has 0 aliphatic heterocycles. The van der Waals surface area contributed by atoms with Crippen LogP contribution in [0, 0.1) is 19.4 Å². The number of rotatable bonds is 4. The molecule has 1 amide bonds. The number of halogens is 3. The molecular formula is C17H23F3N2O5Sc-2. The van der Waals surface area contributed by atoms with E-state index in [1.807, 2.05) is 0 Å². The molecule has 1 heterocycles. The first-order valence-electron chi connectivity index (χ1n) is 7.85. The Balaban J connectivity index is 0. The summed E-state index contributed by atoms with van der Waals surface area (Å²) < 4.78 is 38.2. The predicted molar refractivity (Wildman–Crippen MR) is 92.2 cm³/mol. The molecular weight excluding hydrogens is 414 g/mol. The number of alkyl halides is 3. The topological polar surface area (TPSA) is 145 Å². The Labute approximate surface area is 178 Å². The van der Waals surface area contributed by atoms with Gasteiger partial charge in [-0.1, -0.05) is 0 Å². The second-order valence-electron chi connectivity index (χ2n) is 6.17. The molecule has 0 spiro atoms. The van der Waals surface area contributed by atoms with E-state index < -0.39 is 29.6 Å². The van der Waals surface area contributed by atoms with Crippen LogP contribution in [0.5, 0.6) is 5.75 Å². The average Bonchev–Trinajstić information content (AvgIpc) is 2.55. The van der Waals surface area contributed by atoms with E-state index in [-0.39, 0.29) is 85.4 Å². The number of H-pyrrole nitrogens is 1. The number of pyridine rings is 1. The Morgan fingerprint density at radius 2 is 1.86 bits per heavy atom. The first kappa shape index (κ1) is 28.7. The maximum Gasteiger partial charge on any atom is 0.391 e. The van der Waals surface area contributed by atoms with Crippen molar-refractivity contribution in [3.8, 4) is 5.75 Å². The molecule has 157 valence electrons. The fourth-order valence-electron chi connectivity index (χ4n) is 3.02. The molecule has 0 bridgehead atoms. The fraction of sp³-hybridized carbons (Fsp3) is 0.471. The SMILES string of the molecule is O.O.[CH-]=C[C@H]([CH2-])NC(=O)c1cc(O)c(C2CCC(C(F)(F)F)CC2)[nH]c1=O.[Sc]. The van der Waals surface area contributed by atoms with Crippen molar-refractivity contribution >= 4 is 5.91 Å². The minimum absolute atomic E-state index is 0. The summed E-state index contributed by atoms with van der Waals surface area (Å²) in [5.74, 6) is -2.83. The number of amides is 1. The van der Waals surface area contributed by atoms with Crippen LogP contribution in [-0.4, -0.2) is 39.2 Å². The molecule has 1 aliphatic carbocycles. The smallest absolute Gasteiger partial charge is 0.391 e. The van der Waals surface area contributed by atoms with Crippen LogP contribution in [0.4, 0.5) is 13.2 Å². The van der Waals surface area contributed by atoms with E-state index in [9.17, 15) is 27.9 Å². The third-order valence-corrected chi connectivity index (χ3v) is 4.44. The zero-order valence-electron chi connectivity index (χ0n) is 15.0. The largest absolute Gasteiger partial charge is 0.519 e. The maximum atomic E-state index is 12.7. The fourth-order valence-corrected chi connectivity index (χ4v) is 3.02. The molecule has 28 heavy (non-hydrogen) atoms. The van der Waals surface area contributed by atoms with Gasteiger partial charge in [0.25, 0.3) is 11.5 Å². The van der Waals surface area contributed by atoms with Gasteiger partial charge < -0.3 is 39.9 Å². The summed E-state index contributed by atoms with van der Waals surface area (Å²) in [6.45, 7) is 8.72. The normalized spacial score (nSPS) is 19.9. The van der Waals surface area contributed by atoms with Crippen LogP contribution in [0.25, 0.3) is 0 Å². The number of aromatic hydroxyl groups is 1. The standard InChI is InChI=1S/C17H19F3N2O3.2H2O.Sc/c1-3-9(2)21-15(24)12-8-13(23)14(22-16(12)25)10-4-6-11(7-5-10)17(18,19)20;;;/h1,3,8-11,23H,2,4-7H2,(H,21,24)(H,22,25);2*1H2;/q-2;;;/t9-,10?,11?;;;/m0.../s1. The Morgan fingerprint density at radius 3 is 2.32 bits per heavy atom. The summed E-state index contributed by atoms with van der Waals surface area (Å²) >= 11 is 0. The number of nitrogens with one attached hydrogen (secondary N) is 2. The third-order valence-electron chi connectivity index (χ3n) is 4.44. The summed E-state index contributed by atoms with van der Waals surface area (Å²) in [6.07, 6.45) is -2.84. The predicted octanol–water partition coefficient (Wildman–Crippen LogP) is 1.19. The Bertz CT molecular complexity index is 716. The third kappa shape index (κ3) is 6.85. The quantitative estimate of drug-likeness (QED) is 0.608. The van der Waals surface area contributed by atoms with Crippen LogP contribution in [0.15, 0.2) is 16.9 Å². The molecule has 2 rings (SSSR count). The van der Waals surface area contributed by atoms with Crippen molar-refractivity contribution in [1.82, 2.24) is 10.3 Å². The number of aromatic nitrogens is 1. The summed E-state index contributed by atoms with van der Waals surface area (Å²) in [7, 11) is 0. The number of hydrogen-bond donors (Lipinski definition) is 3. The molecule has 1 saturated carbocycles. The van der Waals surface area contributed by atoms with Crippen LogP contribution in [-0.2, 0) is 25.8 Å². The summed E-state index contributed by atoms with van der Waals surface area (Å²) in [6, 6.07) is 0.300. The van der Waals surface area contributed by atoms with Crippen LogP contribution < -0.4 is 10.9 Å². The van der Waals surface area contributed by atoms with Gasteiger partial charge in [-0.05, 0) is 25.7 Å². The molecule has 1 radical (unpaired) electrons. The van der Waals surface area contributed by atoms with E-state index in [1.54, 1.807) is 0 Å². The Kier molecular flexibility index (Phi) is 11.8. The second kappa shape index (κ2) is 11.5. The Hall–Kier alpha value is -1.46. The summed E-state index contributed by atoms with van der Waals surface area (Å²) in [5.41, 5.74) is -0.882.